The van der Waals surface area contributed by atoms with E-state index in [0.717, 1.165) is 34.1 Å². The summed E-state index contributed by atoms with van der Waals surface area (Å²) in [5.74, 6) is 1.03. The highest BCUT2D eigenvalue weighted by Crippen LogP contribution is 2.25. The van der Waals surface area contributed by atoms with Gasteiger partial charge in [-0.1, -0.05) is 0 Å². The zero-order valence-electron chi connectivity index (χ0n) is 12.3. The van der Waals surface area contributed by atoms with Crippen molar-refractivity contribution in [2.75, 3.05) is 11.9 Å². The molecule has 0 saturated heterocycles. The van der Waals surface area contributed by atoms with Gasteiger partial charge in [-0.2, -0.15) is 0 Å². The van der Waals surface area contributed by atoms with Crippen LogP contribution >= 0.6 is 27.3 Å². The highest BCUT2D eigenvalue weighted by Gasteiger charge is 2.21. The van der Waals surface area contributed by atoms with Crippen molar-refractivity contribution in [3.05, 3.63) is 38.4 Å². The molecule has 0 atom stereocenters. The summed E-state index contributed by atoms with van der Waals surface area (Å²) in [5, 5.41) is 6.79. The summed E-state index contributed by atoms with van der Waals surface area (Å²) in [7, 11) is 2.07. The average molecular weight is 367 g/mol. The molecule has 1 aliphatic rings. The van der Waals surface area contributed by atoms with Gasteiger partial charge in [0.2, 0.25) is 0 Å². The summed E-state index contributed by atoms with van der Waals surface area (Å²) in [4.78, 5) is 11.3. The molecule has 1 N–H and O–H groups in total. The minimum Gasteiger partial charge on any atom is -0.353 e. The van der Waals surface area contributed by atoms with Crippen molar-refractivity contribution in [3.63, 3.8) is 0 Å². The Bertz CT molecular complexity index is 624. The Morgan fingerprint density at radius 2 is 2.29 bits per heavy atom. The molecule has 0 bridgehead atoms. The summed E-state index contributed by atoms with van der Waals surface area (Å²) < 4.78 is 1.02. The molecule has 21 heavy (non-hydrogen) atoms. The summed E-state index contributed by atoms with van der Waals surface area (Å²) >= 11 is 5.21. The summed E-state index contributed by atoms with van der Waals surface area (Å²) in [5.41, 5.74) is 2.33. The fraction of sp³-hybridized carbons (Fsp3) is 0.467. The van der Waals surface area contributed by atoms with Gasteiger partial charge < -0.3 is 10.2 Å². The Balaban J connectivity index is 1.75. The van der Waals surface area contributed by atoms with Crippen LogP contribution in [0.25, 0.3) is 0 Å². The molecular weight excluding hydrogens is 348 g/mol. The van der Waals surface area contributed by atoms with Crippen LogP contribution in [0.1, 0.15) is 29.1 Å². The van der Waals surface area contributed by atoms with Crippen molar-refractivity contribution in [3.8, 4) is 0 Å². The van der Waals surface area contributed by atoms with E-state index < -0.39 is 0 Å². The van der Waals surface area contributed by atoms with E-state index in [-0.39, 0.29) is 0 Å². The summed E-state index contributed by atoms with van der Waals surface area (Å²) in [6, 6.07) is 2.85. The van der Waals surface area contributed by atoms with Gasteiger partial charge in [-0.25, -0.2) is 9.97 Å². The van der Waals surface area contributed by atoms with Gasteiger partial charge in [0.1, 0.15) is 5.82 Å². The number of aryl methyl sites for hydroxylation is 1. The molecule has 1 fully saturated rings. The number of hydrogen-bond acceptors (Lipinski definition) is 5. The van der Waals surface area contributed by atoms with E-state index in [2.05, 4.69) is 54.6 Å². The molecular formula is C15H19BrN4S. The third-order valence-electron chi connectivity index (χ3n) is 3.50. The number of nitrogens with zero attached hydrogens (tertiary/aromatic N) is 3. The fourth-order valence-corrected chi connectivity index (χ4v) is 3.27. The monoisotopic (exact) mass is 366 g/mol. The lowest BCUT2D eigenvalue weighted by Crippen LogP contribution is -2.23. The fourth-order valence-electron chi connectivity index (χ4n) is 2.29. The molecule has 2 aromatic heterocycles. The van der Waals surface area contributed by atoms with Gasteiger partial charge in [-0.3, -0.25) is 0 Å². The first kappa shape index (κ1) is 14.9. The van der Waals surface area contributed by atoms with Gasteiger partial charge in [-0.15, -0.1) is 11.3 Å². The van der Waals surface area contributed by atoms with Crippen LogP contribution in [-0.4, -0.2) is 23.1 Å². The van der Waals surface area contributed by atoms with E-state index >= 15 is 0 Å². The van der Waals surface area contributed by atoms with Gasteiger partial charge in [0.25, 0.3) is 0 Å². The first-order valence-electron chi connectivity index (χ1n) is 7.12. The first-order chi connectivity index (χ1) is 10.1. The molecule has 0 spiro atoms. The highest BCUT2D eigenvalue weighted by molar-refractivity contribution is 9.10. The van der Waals surface area contributed by atoms with Gasteiger partial charge in [-0.05, 0) is 41.8 Å². The van der Waals surface area contributed by atoms with Crippen molar-refractivity contribution >= 4 is 33.1 Å². The van der Waals surface area contributed by atoms with Crippen LogP contribution in [0, 0.1) is 6.92 Å². The standard InChI is InChI=1S/C15H19BrN4S/c1-10-19-14(9-21-10)8-20(2)15-11(5-12(16)7-18-15)6-17-13-3-4-13/h5,7,9,13,17H,3-4,6,8H2,1-2H3. The Morgan fingerprint density at radius 1 is 1.48 bits per heavy atom. The van der Waals surface area contributed by atoms with Crippen LogP contribution < -0.4 is 10.2 Å². The number of aromatic nitrogens is 2. The van der Waals surface area contributed by atoms with E-state index in [1.165, 1.54) is 18.4 Å². The summed E-state index contributed by atoms with van der Waals surface area (Å²) in [6.45, 7) is 3.69. The van der Waals surface area contributed by atoms with E-state index in [0.29, 0.717) is 6.04 Å². The lowest BCUT2D eigenvalue weighted by atomic mass is 10.2. The largest absolute Gasteiger partial charge is 0.353 e. The molecule has 0 radical (unpaired) electrons. The zero-order valence-corrected chi connectivity index (χ0v) is 14.7. The molecule has 3 rings (SSSR count). The van der Waals surface area contributed by atoms with Crippen LogP contribution in [0.4, 0.5) is 5.82 Å². The van der Waals surface area contributed by atoms with Gasteiger partial charge in [0, 0.05) is 41.2 Å². The van der Waals surface area contributed by atoms with Crippen molar-refractivity contribution < 1.29 is 0 Å². The van der Waals surface area contributed by atoms with Crippen molar-refractivity contribution in [2.24, 2.45) is 0 Å². The van der Waals surface area contributed by atoms with Gasteiger partial charge in [0.15, 0.2) is 0 Å². The predicted octanol–water partition coefficient (Wildman–Crippen LogP) is 3.50. The maximum absolute atomic E-state index is 4.59. The predicted molar refractivity (Wildman–Crippen MR) is 90.8 cm³/mol. The zero-order chi connectivity index (χ0) is 14.8. The van der Waals surface area contributed by atoms with E-state index in [4.69, 9.17) is 0 Å². The lowest BCUT2D eigenvalue weighted by Gasteiger charge is -2.21. The number of rotatable bonds is 6. The normalized spacial score (nSPS) is 14.4. The number of nitrogens with one attached hydrogen (secondary N) is 1. The molecule has 0 aromatic carbocycles. The molecule has 112 valence electrons. The van der Waals surface area contributed by atoms with Crippen LogP contribution in [0.3, 0.4) is 0 Å². The third-order valence-corrected chi connectivity index (χ3v) is 4.75. The van der Waals surface area contributed by atoms with E-state index in [9.17, 15) is 0 Å². The molecule has 2 aromatic rings. The number of thiazole rings is 1. The topological polar surface area (TPSA) is 41.1 Å². The molecule has 2 heterocycles. The summed E-state index contributed by atoms with van der Waals surface area (Å²) in [6.07, 6.45) is 4.45. The second-order valence-corrected chi connectivity index (χ2v) is 7.48. The molecule has 4 nitrogen and oxygen atoms in total. The maximum Gasteiger partial charge on any atom is 0.133 e. The molecule has 0 amide bonds. The number of halogens is 1. The Morgan fingerprint density at radius 3 is 2.95 bits per heavy atom. The van der Waals surface area contributed by atoms with Crippen LogP contribution in [0.5, 0.6) is 0 Å². The smallest absolute Gasteiger partial charge is 0.133 e. The number of hydrogen-bond donors (Lipinski definition) is 1. The van der Waals surface area contributed by atoms with Crippen molar-refractivity contribution in [2.45, 2.75) is 38.9 Å². The quantitative estimate of drug-likeness (QED) is 0.849. The van der Waals surface area contributed by atoms with E-state index in [1.54, 1.807) is 11.3 Å². The van der Waals surface area contributed by atoms with Crippen LogP contribution in [0.2, 0.25) is 0 Å². The number of pyridine rings is 1. The lowest BCUT2D eigenvalue weighted by molar-refractivity contribution is 0.682. The molecule has 0 aliphatic heterocycles. The maximum atomic E-state index is 4.59. The number of anilines is 1. The first-order valence-corrected chi connectivity index (χ1v) is 8.79. The van der Waals surface area contributed by atoms with Gasteiger partial charge >= 0.3 is 0 Å². The molecule has 0 unspecified atom stereocenters. The Labute approximate surface area is 137 Å². The SMILES string of the molecule is Cc1nc(CN(C)c2ncc(Br)cc2CNC2CC2)cs1. The minimum absolute atomic E-state index is 0.698. The average Bonchev–Trinajstić information content (AvgIpc) is 3.19. The van der Waals surface area contributed by atoms with E-state index in [1.807, 2.05) is 13.1 Å². The second kappa shape index (κ2) is 6.42. The van der Waals surface area contributed by atoms with Crippen LogP contribution in [-0.2, 0) is 13.1 Å². The molecule has 1 saturated carbocycles. The second-order valence-electron chi connectivity index (χ2n) is 5.51. The van der Waals surface area contributed by atoms with Crippen LogP contribution in [0.15, 0.2) is 22.1 Å². The van der Waals surface area contributed by atoms with Gasteiger partial charge in [0.05, 0.1) is 17.2 Å². The minimum atomic E-state index is 0.698. The van der Waals surface area contributed by atoms with Crippen molar-refractivity contribution in [1.29, 1.82) is 0 Å². The Hall–Kier alpha value is -0.980. The molecule has 6 heteroatoms. The highest BCUT2D eigenvalue weighted by atomic mass is 79.9. The molecule has 1 aliphatic carbocycles. The Kier molecular flexibility index (Phi) is 4.57. The third kappa shape index (κ3) is 4.02. The van der Waals surface area contributed by atoms with Crippen molar-refractivity contribution in [1.82, 2.24) is 15.3 Å².